The summed E-state index contributed by atoms with van der Waals surface area (Å²) in [4.78, 5) is 27.7. The lowest BCUT2D eigenvalue weighted by Gasteiger charge is -2.28. The lowest BCUT2D eigenvalue weighted by Crippen LogP contribution is -2.48. The molecule has 36 heavy (non-hydrogen) atoms. The van der Waals surface area contributed by atoms with Crippen LogP contribution in [0.5, 0.6) is 5.75 Å². The number of hydrogen-bond donors (Lipinski definition) is 2. The fourth-order valence-corrected chi connectivity index (χ4v) is 4.53. The second-order valence-electron chi connectivity index (χ2n) is 9.14. The first-order chi connectivity index (χ1) is 17.6. The predicted molar refractivity (Wildman–Crippen MR) is 141 cm³/mol. The van der Waals surface area contributed by atoms with Gasteiger partial charge in [0, 0.05) is 24.2 Å². The molecular formula is C28H35N5O3. The first-order valence-electron chi connectivity index (χ1n) is 12.7. The Morgan fingerprint density at radius 2 is 1.78 bits per heavy atom. The maximum absolute atomic E-state index is 13.1. The van der Waals surface area contributed by atoms with E-state index in [9.17, 15) is 9.59 Å². The summed E-state index contributed by atoms with van der Waals surface area (Å²) in [6.07, 6.45) is 6.27. The van der Waals surface area contributed by atoms with Crippen LogP contribution in [-0.4, -0.2) is 52.9 Å². The highest BCUT2D eigenvalue weighted by atomic mass is 16.5. The number of carbonyl (C=O) groups is 2. The molecule has 1 heterocycles. The van der Waals surface area contributed by atoms with Gasteiger partial charge in [0.15, 0.2) is 0 Å². The van der Waals surface area contributed by atoms with Crippen molar-refractivity contribution in [2.45, 2.75) is 51.5 Å². The minimum atomic E-state index is -0.267. The lowest BCUT2D eigenvalue weighted by molar-refractivity contribution is -0.116. The third-order valence-electron chi connectivity index (χ3n) is 6.41. The van der Waals surface area contributed by atoms with Gasteiger partial charge in [-0.2, -0.15) is 5.10 Å². The molecule has 3 amide bonds. The number of benzene rings is 2. The summed E-state index contributed by atoms with van der Waals surface area (Å²) in [7, 11) is 1.62. The second kappa shape index (κ2) is 12.2. The number of ether oxygens (including phenoxy) is 1. The first-order valence-corrected chi connectivity index (χ1v) is 12.7. The predicted octanol–water partition coefficient (Wildman–Crippen LogP) is 5.24. The van der Waals surface area contributed by atoms with Crippen molar-refractivity contribution in [2.75, 3.05) is 25.5 Å². The summed E-state index contributed by atoms with van der Waals surface area (Å²) in [5.74, 6) is 1.00. The van der Waals surface area contributed by atoms with Gasteiger partial charge in [-0.15, -0.1) is 0 Å². The molecule has 8 heteroatoms. The minimum absolute atomic E-state index is 0.0269. The van der Waals surface area contributed by atoms with E-state index in [0.717, 1.165) is 54.8 Å². The largest absolute Gasteiger partial charge is 0.497 e. The Labute approximate surface area is 212 Å². The van der Waals surface area contributed by atoms with E-state index in [1.807, 2.05) is 67.6 Å². The highest BCUT2D eigenvalue weighted by Crippen LogP contribution is 2.26. The average Bonchev–Trinajstić information content (AvgIpc) is 3.33. The molecule has 0 spiro atoms. The van der Waals surface area contributed by atoms with E-state index in [4.69, 9.17) is 9.84 Å². The molecule has 0 unspecified atom stereocenters. The SMILES string of the molecule is CCCN(CC(=O)Nc1cc(-c2ccccc2)nn1-c1ccc(OC)cc1)C(=O)NC1CCCCC1. The maximum atomic E-state index is 13.1. The molecular weight excluding hydrogens is 454 g/mol. The molecule has 0 atom stereocenters. The molecule has 1 aromatic heterocycles. The third kappa shape index (κ3) is 6.44. The van der Waals surface area contributed by atoms with Crippen molar-refractivity contribution in [3.8, 4) is 22.7 Å². The van der Waals surface area contributed by atoms with E-state index in [2.05, 4.69) is 10.6 Å². The van der Waals surface area contributed by atoms with Crippen LogP contribution in [0.1, 0.15) is 45.4 Å². The summed E-state index contributed by atoms with van der Waals surface area (Å²) in [6, 6.07) is 19.2. The van der Waals surface area contributed by atoms with E-state index in [1.54, 1.807) is 16.7 Å². The van der Waals surface area contributed by atoms with Crippen molar-refractivity contribution in [1.29, 1.82) is 0 Å². The zero-order valence-corrected chi connectivity index (χ0v) is 21.1. The Morgan fingerprint density at radius 1 is 1.06 bits per heavy atom. The molecule has 190 valence electrons. The molecule has 4 rings (SSSR count). The number of methoxy groups -OCH3 is 1. The fourth-order valence-electron chi connectivity index (χ4n) is 4.53. The van der Waals surface area contributed by atoms with E-state index < -0.39 is 0 Å². The van der Waals surface area contributed by atoms with Crippen LogP contribution in [0.4, 0.5) is 10.6 Å². The minimum Gasteiger partial charge on any atom is -0.497 e. The van der Waals surface area contributed by atoms with Gasteiger partial charge in [0.1, 0.15) is 18.1 Å². The second-order valence-corrected chi connectivity index (χ2v) is 9.14. The van der Waals surface area contributed by atoms with Gasteiger partial charge < -0.3 is 20.3 Å². The fraction of sp³-hybridized carbons (Fsp3) is 0.393. The van der Waals surface area contributed by atoms with Crippen LogP contribution in [0.3, 0.4) is 0 Å². The number of anilines is 1. The van der Waals surface area contributed by atoms with E-state index in [-0.39, 0.29) is 24.5 Å². The normalized spacial score (nSPS) is 13.7. The Bertz CT molecular complexity index is 1140. The summed E-state index contributed by atoms with van der Waals surface area (Å²) in [5.41, 5.74) is 2.47. The van der Waals surface area contributed by atoms with Crippen molar-refractivity contribution < 1.29 is 14.3 Å². The van der Waals surface area contributed by atoms with E-state index in [1.165, 1.54) is 6.42 Å². The van der Waals surface area contributed by atoms with Gasteiger partial charge in [-0.05, 0) is 43.5 Å². The Kier molecular flexibility index (Phi) is 8.60. The topological polar surface area (TPSA) is 88.5 Å². The van der Waals surface area contributed by atoms with Crippen molar-refractivity contribution in [3.63, 3.8) is 0 Å². The van der Waals surface area contributed by atoms with Crippen molar-refractivity contribution >= 4 is 17.8 Å². The number of carbonyl (C=O) groups excluding carboxylic acids is 2. The van der Waals surface area contributed by atoms with Crippen LogP contribution in [0.15, 0.2) is 60.7 Å². The van der Waals surface area contributed by atoms with Crippen LogP contribution in [-0.2, 0) is 4.79 Å². The molecule has 0 saturated heterocycles. The number of urea groups is 1. The van der Waals surface area contributed by atoms with Gasteiger partial charge in [-0.25, -0.2) is 9.48 Å². The quantitative estimate of drug-likeness (QED) is 0.430. The summed E-state index contributed by atoms with van der Waals surface area (Å²) < 4.78 is 6.98. The van der Waals surface area contributed by atoms with Gasteiger partial charge in [0.2, 0.25) is 5.91 Å². The molecule has 0 radical (unpaired) electrons. The van der Waals surface area contributed by atoms with Crippen molar-refractivity contribution in [3.05, 3.63) is 60.7 Å². The molecule has 3 aromatic rings. The highest BCUT2D eigenvalue weighted by molar-refractivity contribution is 5.94. The van der Waals surface area contributed by atoms with E-state index in [0.29, 0.717) is 12.4 Å². The van der Waals surface area contributed by atoms with Gasteiger partial charge in [0.05, 0.1) is 18.5 Å². The van der Waals surface area contributed by atoms with Gasteiger partial charge >= 0.3 is 6.03 Å². The molecule has 1 aliphatic rings. The van der Waals surface area contributed by atoms with Crippen molar-refractivity contribution in [1.82, 2.24) is 20.0 Å². The molecule has 0 aliphatic heterocycles. The highest BCUT2D eigenvalue weighted by Gasteiger charge is 2.22. The summed E-state index contributed by atoms with van der Waals surface area (Å²) >= 11 is 0. The summed E-state index contributed by atoms with van der Waals surface area (Å²) in [5, 5.41) is 10.9. The van der Waals surface area contributed by atoms with Crippen LogP contribution < -0.4 is 15.4 Å². The molecule has 2 N–H and O–H groups in total. The van der Waals surface area contributed by atoms with Crippen LogP contribution in [0.25, 0.3) is 16.9 Å². The number of rotatable bonds is 9. The van der Waals surface area contributed by atoms with Gasteiger partial charge in [0.25, 0.3) is 0 Å². The smallest absolute Gasteiger partial charge is 0.318 e. The molecule has 1 aliphatic carbocycles. The molecule has 1 saturated carbocycles. The number of aromatic nitrogens is 2. The van der Waals surface area contributed by atoms with Crippen molar-refractivity contribution in [2.24, 2.45) is 0 Å². The zero-order chi connectivity index (χ0) is 25.3. The number of hydrogen-bond acceptors (Lipinski definition) is 4. The third-order valence-corrected chi connectivity index (χ3v) is 6.41. The number of amides is 3. The Morgan fingerprint density at radius 3 is 2.44 bits per heavy atom. The Hall–Kier alpha value is -3.81. The maximum Gasteiger partial charge on any atom is 0.318 e. The Balaban J connectivity index is 1.52. The van der Waals surface area contributed by atoms with Gasteiger partial charge in [-0.1, -0.05) is 56.5 Å². The number of nitrogens with zero attached hydrogens (tertiary/aromatic N) is 3. The average molecular weight is 490 g/mol. The monoisotopic (exact) mass is 489 g/mol. The molecule has 2 aromatic carbocycles. The first kappa shape index (κ1) is 25.3. The molecule has 8 nitrogen and oxygen atoms in total. The number of nitrogens with one attached hydrogen (secondary N) is 2. The van der Waals surface area contributed by atoms with Crippen LogP contribution >= 0.6 is 0 Å². The van der Waals surface area contributed by atoms with Crippen LogP contribution in [0.2, 0.25) is 0 Å². The van der Waals surface area contributed by atoms with Crippen LogP contribution in [0, 0.1) is 0 Å². The zero-order valence-electron chi connectivity index (χ0n) is 21.1. The summed E-state index contributed by atoms with van der Waals surface area (Å²) in [6.45, 7) is 2.49. The lowest BCUT2D eigenvalue weighted by atomic mass is 9.96. The molecule has 1 fully saturated rings. The molecule has 0 bridgehead atoms. The van der Waals surface area contributed by atoms with E-state index >= 15 is 0 Å². The van der Waals surface area contributed by atoms with Gasteiger partial charge in [-0.3, -0.25) is 4.79 Å². The standard InChI is InChI=1S/C28H35N5O3/c1-3-18-32(28(35)29-22-12-8-5-9-13-22)20-27(34)30-26-19-25(21-10-6-4-7-11-21)31-33(26)23-14-16-24(36-2)17-15-23/h4,6-7,10-11,14-17,19,22H,3,5,8-9,12-13,18,20H2,1-2H3,(H,29,35)(H,30,34).